The lowest BCUT2D eigenvalue weighted by molar-refractivity contribution is -0.108. The van der Waals surface area contributed by atoms with E-state index < -0.39 is 0 Å². The third-order valence-corrected chi connectivity index (χ3v) is 5.55. The summed E-state index contributed by atoms with van der Waals surface area (Å²) in [5.74, 6) is 3.21. The monoisotopic (exact) mass is 500 g/mol. The Kier molecular flexibility index (Phi) is 13.7. The van der Waals surface area contributed by atoms with E-state index in [9.17, 15) is 9.18 Å². The van der Waals surface area contributed by atoms with E-state index in [0.29, 0.717) is 44.3 Å². The van der Waals surface area contributed by atoms with E-state index in [1.165, 1.54) is 5.56 Å². The summed E-state index contributed by atoms with van der Waals surface area (Å²) in [4.78, 5) is 22.2. The molecule has 1 aliphatic rings. The molecule has 2 atom stereocenters. The van der Waals surface area contributed by atoms with Crippen molar-refractivity contribution in [3.63, 3.8) is 0 Å². The highest BCUT2D eigenvalue weighted by Gasteiger charge is 2.53. The lowest BCUT2D eigenvalue weighted by Crippen LogP contribution is -2.21. The van der Waals surface area contributed by atoms with Gasteiger partial charge < -0.3 is 19.5 Å². The van der Waals surface area contributed by atoms with Crippen LogP contribution in [0, 0.1) is 12.8 Å². The molecule has 1 aliphatic carbocycles. The highest BCUT2D eigenvalue weighted by Crippen LogP contribution is 2.54. The number of hydrogen-bond donors (Lipinski definition) is 1. The summed E-state index contributed by atoms with van der Waals surface area (Å²) in [5, 5.41) is 2.30. The molecule has 1 saturated carbocycles. The molecule has 1 aromatic heterocycles. The zero-order valence-corrected chi connectivity index (χ0v) is 22.0. The fourth-order valence-electron chi connectivity index (χ4n) is 3.50. The molecule has 1 amide bonds. The first kappa shape index (κ1) is 30.4. The number of allylic oxidation sites excluding steroid dienone is 2. The Bertz CT molecular complexity index is 1030. The number of hydrogen-bond acceptors (Lipinski definition) is 7. The Morgan fingerprint density at radius 1 is 1.36 bits per heavy atom. The van der Waals surface area contributed by atoms with Gasteiger partial charge >= 0.3 is 0 Å². The molecule has 0 saturated heterocycles. The number of aryl methyl sites for hydroxylation is 1. The lowest BCUT2D eigenvalue weighted by atomic mass is 9.94. The molecule has 0 bridgehead atoms. The van der Waals surface area contributed by atoms with Gasteiger partial charge in [-0.15, -0.1) is 0 Å². The van der Waals surface area contributed by atoms with E-state index >= 15 is 0 Å². The summed E-state index contributed by atoms with van der Waals surface area (Å²) in [6.45, 7) is 10.5. The van der Waals surface area contributed by atoms with Crippen molar-refractivity contribution >= 4 is 12.6 Å². The summed E-state index contributed by atoms with van der Waals surface area (Å²) in [5.41, 5.74) is 2.08. The summed E-state index contributed by atoms with van der Waals surface area (Å²) < 4.78 is 26.2. The molecule has 0 spiro atoms. The third kappa shape index (κ3) is 9.22. The number of nitrogens with one attached hydrogen (secondary N) is 1. The normalized spacial score (nSPS) is 17.9. The van der Waals surface area contributed by atoms with Gasteiger partial charge in [0.25, 0.3) is 0 Å². The highest BCUT2D eigenvalue weighted by atomic mass is 19.1. The number of benzene rings is 1. The van der Waals surface area contributed by atoms with E-state index in [1.54, 1.807) is 32.7 Å². The molecule has 1 heterocycles. The van der Waals surface area contributed by atoms with E-state index in [2.05, 4.69) is 45.9 Å². The molecule has 3 rings (SSSR count). The Hall–Kier alpha value is -3.59. The van der Waals surface area contributed by atoms with Crippen molar-refractivity contribution in [3.8, 4) is 11.5 Å². The summed E-state index contributed by atoms with van der Waals surface area (Å²) in [7, 11) is 3.85. The van der Waals surface area contributed by atoms with Gasteiger partial charge in [-0.3, -0.25) is 9.18 Å². The number of aromatic nitrogens is 2. The molecule has 1 N–H and O–H groups in total. The van der Waals surface area contributed by atoms with Crippen LogP contribution in [0.4, 0.5) is 4.39 Å². The number of alkyl halides is 1. The fourth-order valence-corrected chi connectivity index (χ4v) is 3.50. The maximum atomic E-state index is 9.78. The van der Waals surface area contributed by atoms with Gasteiger partial charge in [0.2, 0.25) is 6.41 Å². The number of methoxy groups -OCH3 is 2. The number of rotatable bonds is 11. The van der Waals surface area contributed by atoms with Crippen molar-refractivity contribution < 1.29 is 23.4 Å². The van der Waals surface area contributed by atoms with Crippen LogP contribution in [0.25, 0.3) is 0 Å². The Morgan fingerprint density at radius 3 is 2.67 bits per heavy atom. The second-order valence-corrected chi connectivity index (χ2v) is 7.96. The van der Waals surface area contributed by atoms with Crippen LogP contribution < -0.4 is 14.8 Å². The van der Waals surface area contributed by atoms with Crippen LogP contribution in [-0.2, 0) is 21.6 Å². The van der Waals surface area contributed by atoms with Crippen LogP contribution >= 0.6 is 0 Å². The van der Waals surface area contributed by atoms with Crippen molar-refractivity contribution in [3.05, 3.63) is 72.1 Å². The number of carbonyl (C=O) groups excluding carboxylic acids is 1. The van der Waals surface area contributed by atoms with Gasteiger partial charge in [-0.25, -0.2) is 15.0 Å². The molecule has 1 aromatic carbocycles. The standard InChI is InChI=1S/C19H24N2O3.C7H10N2O.CH3F/c1-13-9-19(13,15-6-5-7-16(8-15)23-4)12-24-18-10-20-14(2)21-17(18)11-22-3;1-3-4-5-8-7(2)9-6-10;1-2/h5-8,10,13H,9,11-12H2,1-4H3;3-6H,2H2,1H3,(H,9,10);1H3/b;4-3-,8-5-;/t13?,19-;;/m0../s1. The fraction of sp³-hybridized carbons (Fsp3) is 0.407. The van der Waals surface area contributed by atoms with E-state index in [4.69, 9.17) is 14.2 Å². The van der Waals surface area contributed by atoms with Crippen molar-refractivity contribution in [2.45, 2.75) is 39.2 Å². The Labute approximate surface area is 213 Å². The average molecular weight is 501 g/mol. The number of aliphatic imine (C=N–C) groups is 1. The van der Waals surface area contributed by atoms with Crippen LogP contribution in [0.15, 0.2) is 60.0 Å². The highest BCUT2D eigenvalue weighted by molar-refractivity contribution is 5.72. The smallest absolute Gasteiger partial charge is 0.212 e. The lowest BCUT2D eigenvalue weighted by Gasteiger charge is -2.20. The van der Waals surface area contributed by atoms with Crippen LogP contribution in [0.1, 0.15) is 37.4 Å². The molecular weight excluding hydrogens is 463 g/mol. The van der Waals surface area contributed by atoms with Gasteiger partial charge in [0.05, 0.1) is 33.7 Å². The van der Waals surface area contributed by atoms with Crippen molar-refractivity contribution in [1.29, 1.82) is 0 Å². The maximum Gasteiger partial charge on any atom is 0.212 e. The quantitative estimate of drug-likeness (QED) is 0.354. The molecule has 8 nitrogen and oxygen atoms in total. The predicted molar refractivity (Wildman–Crippen MR) is 140 cm³/mol. The summed E-state index contributed by atoms with van der Waals surface area (Å²) in [6.07, 6.45) is 8.51. The molecule has 9 heteroatoms. The molecule has 196 valence electrons. The topological polar surface area (TPSA) is 94.9 Å². The van der Waals surface area contributed by atoms with Crippen LogP contribution in [0.2, 0.25) is 0 Å². The molecule has 36 heavy (non-hydrogen) atoms. The third-order valence-electron chi connectivity index (χ3n) is 5.55. The predicted octanol–water partition coefficient (Wildman–Crippen LogP) is 4.73. The second kappa shape index (κ2) is 16.1. The van der Waals surface area contributed by atoms with Gasteiger partial charge in [-0.2, -0.15) is 0 Å². The van der Waals surface area contributed by atoms with Crippen molar-refractivity contribution in [2.75, 3.05) is 28.0 Å². The number of halogens is 1. The van der Waals surface area contributed by atoms with Crippen molar-refractivity contribution in [2.24, 2.45) is 10.9 Å². The van der Waals surface area contributed by atoms with Crippen LogP contribution in [-0.4, -0.2) is 50.6 Å². The number of ether oxygens (including phenoxy) is 3. The zero-order chi connectivity index (χ0) is 27.0. The van der Waals surface area contributed by atoms with Gasteiger partial charge in [0.15, 0.2) is 5.75 Å². The minimum absolute atomic E-state index is 0.0315. The van der Waals surface area contributed by atoms with E-state index in [1.807, 2.05) is 32.1 Å². The Balaban J connectivity index is 0.000000458. The average Bonchev–Trinajstić information content (AvgIpc) is 3.56. The molecule has 1 fully saturated rings. The van der Waals surface area contributed by atoms with Gasteiger partial charge in [0.1, 0.15) is 23.1 Å². The first-order valence-corrected chi connectivity index (χ1v) is 11.4. The van der Waals surface area contributed by atoms with Gasteiger partial charge in [-0.05, 0) is 50.0 Å². The van der Waals surface area contributed by atoms with Gasteiger partial charge in [-0.1, -0.05) is 31.7 Å². The number of nitrogens with zero attached hydrogens (tertiary/aromatic N) is 3. The summed E-state index contributed by atoms with van der Waals surface area (Å²) in [6, 6.07) is 8.26. The molecule has 0 radical (unpaired) electrons. The van der Waals surface area contributed by atoms with Gasteiger partial charge in [0, 0.05) is 18.7 Å². The second-order valence-electron chi connectivity index (χ2n) is 7.96. The van der Waals surface area contributed by atoms with Crippen molar-refractivity contribution in [1.82, 2.24) is 15.3 Å². The zero-order valence-electron chi connectivity index (χ0n) is 22.0. The minimum Gasteiger partial charge on any atom is -0.497 e. The minimum atomic E-state index is 0.0315. The first-order valence-electron chi connectivity index (χ1n) is 11.4. The number of amides is 1. The first-order chi connectivity index (χ1) is 17.4. The summed E-state index contributed by atoms with van der Waals surface area (Å²) >= 11 is 0. The molecule has 0 aliphatic heterocycles. The largest absolute Gasteiger partial charge is 0.497 e. The maximum absolute atomic E-state index is 9.78. The number of carbonyl (C=O) groups is 1. The molecule has 1 unspecified atom stereocenters. The van der Waals surface area contributed by atoms with Crippen LogP contribution in [0.3, 0.4) is 0 Å². The Morgan fingerprint density at radius 2 is 2.08 bits per heavy atom. The SMILES string of the molecule is C=C(/N=C\C=C/C)NC=O.CF.COCc1nc(C)ncc1OC[C@@]1(c2cccc(OC)c2)CC1C. The molecule has 2 aromatic rings. The van der Waals surface area contributed by atoms with E-state index in [0.717, 1.165) is 23.7 Å². The molecular formula is C27H37FN4O4. The van der Waals surface area contributed by atoms with Crippen LogP contribution in [0.5, 0.6) is 11.5 Å². The van der Waals surface area contributed by atoms with E-state index in [-0.39, 0.29) is 5.41 Å².